The maximum atomic E-state index is 13.6. The highest BCUT2D eigenvalue weighted by atomic mass is 19.1. The highest BCUT2D eigenvalue weighted by Crippen LogP contribution is 2.16. The van der Waals surface area contributed by atoms with Gasteiger partial charge in [-0.05, 0) is 37.3 Å². The van der Waals surface area contributed by atoms with E-state index < -0.39 is 29.6 Å². The molecular formula is C18H16F2N2O4. The Bertz CT molecular complexity index is 855. The van der Waals surface area contributed by atoms with Crippen molar-refractivity contribution in [2.24, 2.45) is 0 Å². The van der Waals surface area contributed by atoms with Crippen LogP contribution in [-0.2, 0) is 14.3 Å². The van der Waals surface area contributed by atoms with E-state index in [1.54, 1.807) is 12.1 Å². The Morgan fingerprint density at radius 2 is 1.77 bits per heavy atom. The van der Waals surface area contributed by atoms with Gasteiger partial charge < -0.3 is 15.4 Å². The van der Waals surface area contributed by atoms with Gasteiger partial charge in [-0.25, -0.2) is 13.6 Å². The van der Waals surface area contributed by atoms with Crippen LogP contribution in [0.5, 0.6) is 0 Å². The Morgan fingerprint density at radius 1 is 1.04 bits per heavy atom. The molecule has 0 fully saturated rings. The van der Waals surface area contributed by atoms with E-state index in [-0.39, 0.29) is 17.2 Å². The minimum absolute atomic E-state index is 0.129. The first-order chi connectivity index (χ1) is 12.3. The summed E-state index contributed by atoms with van der Waals surface area (Å²) in [5.74, 6) is -3.59. The van der Waals surface area contributed by atoms with Crippen molar-refractivity contribution in [3.63, 3.8) is 0 Å². The van der Waals surface area contributed by atoms with Gasteiger partial charge in [-0.15, -0.1) is 0 Å². The van der Waals surface area contributed by atoms with Crippen LogP contribution in [0, 0.1) is 11.6 Å². The van der Waals surface area contributed by atoms with Crippen molar-refractivity contribution >= 4 is 29.2 Å². The first-order valence-corrected chi connectivity index (χ1v) is 7.61. The number of carbonyl (C=O) groups excluding carboxylic acids is 3. The summed E-state index contributed by atoms with van der Waals surface area (Å²) in [6, 6.07) is 8.66. The van der Waals surface area contributed by atoms with Crippen LogP contribution in [0.4, 0.5) is 20.2 Å². The molecule has 0 aliphatic rings. The monoisotopic (exact) mass is 362 g/mol. The second-order valence-electron chi connectivity index (χ2n) is 5.42. The SMILES string of the molecule is CC(=O)Nc1cccc(C(=O)O[C@@H](C)C(=O)Nc2ccc(F)cc2F)c1. The molecule has 2 rings (SSSR count). The molecule has 1 atom stereocenters. The van der Waals surface area contributed by atoms with Crippen LogP contribution in [0.1, 0.15) is 24.2 Å². The zero-order valence-electron chi connectivity index (χ0n) is 14.0. The molecule has 2 aromatic rings. The largest absolute Gasteiger partial charge is 0.449 e. The smallest absolute Gasteiger partial charge is 0.338 e. The Kier molecular flexibility index (Phi) is 6.00. The van der Waals surface area contributed by atoms with Gasteiger partial charge in [-0.2, -0.15) is 0 Å². The fourth-order valence-corrected chi connectivity index (χ4v) is 2.03. The summed E-state index contributed by atoms with van der Waals surface area (Å²) in [6.45, 7) is 2.64. The van der Waals surface area contributed by atoms with E-state index in [1.807, 2.05) is 0 Å². The normalized spacial score (nSPS) is 11.4. The fourth-order valence-electron chi connectivity index (χ4n) is 2.03. The Hall–Kier alpha value is -3.29. The van der Waals surface area contributed by atoms with E-state index in [0.29, 0.717) is 11.8 Å². The maximum Gasteiger partial charge on any atom is 0.338 e. The number of rotatable bonds is 5. The van der Waals surface area contributed by atoms with Gasteiger partial charge in [0.25, 0.3) is 5.91 Å². The van der Waals surface area contributed by atoms with Crippen molar-refractivity contribution in [2.45, 2.75) is 20.0 Å². The van der Waals surface area contributed by atoms with Crippen molar-refractivity contribution in [1.82, 2.24) is 0 Å². The van der Waals surface area contributed by atoms with E-state index in [4.69, 9.17) is 4.74 Å². The molecule has 2 amide bonds. The lowest BCUT2D eigenvalue weighted by atomic mass is 10.2. The van der Waals surface area contributed by atoms with Crippen molar-refractivity contribution < 1.29 is 27.9 Å². The number of anilines is 2. The molecule has 2 aromatic carbocycles. The zero-order chi connectivity index (χ0) is 19.3. The van der Waals surface area contributed by atoms with Crippen LogP contribution in [0.3, 0.4) is 0 Å². The third kappa shape index (κ3) is 5.10. The number of amides is 2. The molecule has 0 saturated carbocycles. The van der Waals surface area contributed by atoms with E-state index >= 15 is 0 Å². The molecule has 136 valence electrons. The number of benzene rings is 2. The van der Waals surface area contributed by atoms with E-state index in [9.17, 15) is 23.2 Å². The molecule has 0 radical (unpaired) electrons. The highest BCUT2D eigenvalue weighted by molar-refractivity contribution is 5.98. The number of hydrogen-bond donors (Lipinski definition) is 2. The highest BCUT2D eigenvalue weighted by Gasteiger charge is 2.20. The standard InChI is InChI=1S/C18H16F2N2O4/c1-10(17(24)22-16-7-6-13(19)9-15(16)20)26-18(25)12-4-3-5-14(8-12)21-11(2)23/h3-10H,1-2H3,(H,21,23)(H,22,24)/t10-/m0/s1. The lowest BCUT2D eigenvalue weighted by molar-refractivity contribution is -0.123. The van der Waals surface area contributed by atoms with Gasteiger partial charge in [0, 0.05) is 18.7 Å². The maximum absolute atomic E-state index is 13.6. The number of halogens is 2. The molecule has 0 bridgehead atoms. The summed E-state index contributed by atoms with van der Waals surface area (Å²) in [4.78, 5) is 35.2. The molecular weight excluding hydrogens is 346 g/mol. The molecule has 2 N–H and O–H groups in total. The Balaban J connectivity index is 2.01. The molecule has 0 unspecified atom stereocenters. The van der Waals surface area contributed by atoms with Crippen molar-refractivity contribution in [3.8, 4) is 0 Å². The quantitative estimate of drug-likeness (QED) is 0.801. The molecule has 0 aromatic heterocycles. The predicted molar refractivity (Wildman–Crippen MR) is 90.6 cm³/mol. The molecule has 6 nitrogen and oxygen atoms in total. The van der Waals surface area contributed by atoms with Crippen LogP contribution in [0.15, 0.2) is 42.5 Å². The molecule has 0 saturated heterocycles. The van der Waals surface area contributed by atoms with Gasteiger partial charge in [-0.3, -0.25) is 9.59 Å². The first-order valence-electron chi connectivity index (χ1n) is 7.61. The summed E-state index contributed by atoms with van der Waals surface area (Å²) < 4.78 is 31.5. The van der Waals surface area contributed by atoms with Gasteiger partial charge in [-0.1, -0.05) is 6.07 Å². The number of nitrogens with one attached hydrogen (secondary N) is 2. The van der Waals surface area contributed by atoms with E-state index in [2.05, 4.69) is 10.6 Å². The van der Waals surface area contributed by atoms with E-state index in [1.165, 1.54) is 26.0 Å². The molecule has 0 heterocycles. The minimum Gasteiger partial charge on any atom is -0.449 e. The third-order valence-electron chi connectivity index (χ3n) is 3.26. The summed E-state index contributed by atoms with van der Waals surface area (Å²) in [7, 11) is 0. The Morgan fingerprint density at radius 3 is 2.42 bits per heavy atom. The summed E-state index contributed by atoms with van der Waals surface area (Å²) in [6.07, 6.45) is -1.23. The lowest BCUT2D eigenvalue weighted by Gasteiger charge is -2.14. The van der Waals surface area contributed by atoms with Gasteiger partial charge in [0.05, 0.1) is 11.3 Å². The van der Waals surface area contributed by atoms with Crippen LogP contribution < -0.4 is 10.6 Å². The van der Waals surface area contributed by atoms with Crippen LogP contribution in [-0.4, -0.2) is 23.9 Å². The molecule has 26 heavy (non-hydrogen) atoms. The minimum atomic E-state index is -1.23. The summed E-state index contributed by atoms with van der Waals surface area (Å²) in [5, 5.41) is 4.74. The second kappa shape index (κ2) is 8.19. The van der Waals surface area contributed by atoms with Crippen LogP contribution in [0.2, 0.25) is 0 Å². The number of ether oxygens (including phenoxy) is 1. The van der Waals surface area contributed by atoms with Crippen LogP contribution in [0.25, 0.3) is 0 Å². The number of carbonyl (C=O) groups is 3. The molecule has 0 aliphatic heterocycles. The van der Waals surface area contributed by atoms with Gasteiger partial charge in [0.1, 0.15) is 11.6 Å². The van der Waals surface area contributed by atoms with Gasteiger partial charge in [0.2, 0.25) is 5.91 Å². The lowest BCUT2D eigenvalue weighted by Crippen LogP contribution is -2.30. The average Bonchev–Trinajstić information content (AvgIpc) is 2.56. The molecule has 0 spiro atoms. The molecule has 0 aliphatic carbocycles. The number of esters is 1. The predicted octanol–water partition coefficient (Wildman–Crippen LogP) is 3.11. The topological polar surface area (TPSA) is 84.5 Å². The van der Waals surface area contributed by atoms with Crippen molar-refractivity contribution in [2.75, 3.05) is 10.6 Å². The first kappa shape index (κ1) is 19.0. The Labute approximate surface area is 148 Å². The zero-order valence-corrected chi connectivity index (χ0v) is 14.0. The molecule has 8 heteroatoms. The average molecular weight is 362 g/mol. The third-order valence-corrected chi connectivity index (χ3v) is 3.26. The van der Waals surface area contributed by atoms with Crippen LogP contribution >= 0.6 is 0 Å². The fraction of sp³-hybridized carbons (Fsp3) is 0.167. The van der Waals surface area contributed by atoms with Gasteiger partial charge >= 0.3 is 5.97 Å². The van der Waals surface area contributed by atoms with Crippen molar-refractivity contribution in [1.29, 1.82) is 0 Å². The van der Waals surface area contributed by atoms with Crippen molar-refractivity contribution in [3.05, 3.63) is 59.7 Å². The van der Waals surface area contributed by atoms with Gasteiger partial charge in [0.15, 0.2) is 6.10 Å². The van der Waals surface area contributed by atoms with E-state index in [0.717, 1.165) is 12.1 Å². The second-order valence-corrected chi connectivity index (χ2v) is 5.42. The summed E-state index contributed by atoms with van der Waals surface area (Å²) in [5.41, 5.74) is 0.299. The number of hydrogen-bond acceptors (Lipinski definition) is 4. The summed E-state index contributed by atoms with van der Waals surface area (Å²) >= 11 is 0.